The Morgan fingerprint density at radius 1 is 0.850 bits per heavy atom. The maximum Gasteiger partial charge on any atom is 0.412 e. The number of Topliss-reactive ketones (excluding diaryl/α,β-unsaturated/α-hetero) is 1. The van der Waals surface area contributed by atoms with Gasteiger partial charge in [-0.2, -0.15) is 0 Å². The van der Waals surface area contributed by atoms with E-state index in [1.165, 1.54) is 12.1 Å². The van der Waals surface area contributed by atoms with Gasteiger partial charge in [-0.15, -0.1) is 6.42 Å². The van der Waals surface area contributed by atoms with Gasteiger partial charge in [0, 0.05) is 17.5 Å². The Morgan fingerprint density at radius 2 is 1.43 bits per heavy atom. The van der Waals surface area contributed by atoms with Crippen LogP contribution in [0.4, 0.5) is 15.3 Å². The van der Waals surface area contributed by atoms with Gasteiger partial charge in [-0.25, -0.2) is 14.4 Å². The first kappa shape index (κ1) is 34.0. The summed E-state index contributed by atoms with van der Waals surface area (Å²) in [6.07, 6.45) is 3.00. The number of ketones is 1. The summed E-state index contributed by atoms with van der Waals surface area (Å²) >= 11 is 0. The molecule has 0 aliphatic carbocycles. The fraction of sp³-hybridized carbons (Fsp3) is 0.533. The molecule has 0 aliphatic heterocycles. The molecule has 0 bridgehead atoms. The molecule has 1 aromatic rings. The number of anilines is 1. The summed E-state index contributed by atoms with van der Waals surface area (Å²) in [6.45, 7) is 15.3. The van der Waals surface area contributed by atoms with Crippen molar-refractivity contribution < 1.29 is 38.1 Å². The zero-order valence-electron chi connectivity index (χ0n) is 24.8. The van der Waals surface area contributed by atoms with Crippen LogP contribution in [-0.4, -0.2) is 60.0 Å². The second kappa shape index (κ2) is 14.4. The maximum absolute atomic E-state index is 13.5. The number of esters is 1. The summed E-state index contributed by atoms with van der Waals surface area (Å²) in [5, 5.41) is 5.00. The van der Waals surface area contributed by atoms with Crippen molar-refractivity contribution in [1.82, 2.24) is 5.32 Å². The van der Waals surface area contributed by atoms with Gasteiger partial charge in [-0.05, 0) is 80.5 Å². The molecule has 40 heavy (non-hydrogen) atoms. The summed E-state index contributed by atoms with van der Waals surface area (Å²) in [4.78, 5) is 51.4. The topological polar surface area (TPSA) is 129 Å². The van der Waals surface area contributed by atoms with Crippen LogP contribution in [0.15, 0.2) is 18.2 Å². The monoisotopic (exact) mass is 556 g/mol. The van der Waals surface area contributed by atoms with Crippen LogP contribution in [0.1, 0.15) is 84.7 Å². The molecule has 0 saturated carbocycles. The number of rotatable bonds is 8. The summed E-state index contributed by atoms with van der Waals surface area (Å²) in [6, 6.07) is 3.17. The van der Waals surface area contributed by atoms with Gasteiger partial charge < -0.3 is 24.3 Å². The molecule has 0 unspecified atom stereocenters. The second-order valence-corrected chi connectivity index (χ2v) is 11.7. The van der Waals surface area contributed by atoms with Crippen LogP contribution in [-0.2, 0) is 23.7 Å². The molecule has 0 saturated heterocycles. The quantitative estimate of drug-likeness (QED) is 0.153. The molecule has 2 amide bonds. The van der Waals surface area contributed by atoms with Crippen LogP contribution >= 0.6 is 0 Å². The molecule has 0 fully saturated rings. The van der Waals surface area contributed by atoms with E-state index in [9.17, 15) is 19.2 Å². The molecule has 10 heteroatoms. The van der Waals surface area contributed by atoms with Gasteiger partial charge in [-0.1, -0.05) is 17.8 Å². The van der Waals surface area contributed by atoms with Crippen molar-refractivity contribution in [2.75, 3.05) is 18.5 Å². The van der Waals surface area contributed by atoms with Gasteiger partial charge in [0.05, 0.1) is 5.69 Å². The number of amides is 2. The lowest BCUT2D eigenvalue weighted by Crippen LogP contribution is -2.47. The number of carbonyl (C=O) groups excluding carboxylic acids is 4. The average Bonchev–Trinajstić information content (AvgIpc) is 2.74. The minimum absolute atomic E-state index is 0.0690. The molecule has 0 spiro atoms. The van der Waals surface area contributed by atoms with E-state index in [-0.39, 0.29) is 24.5 Å². The van der Waals surface area contributed by atoms with Gasteiger partial charge in [0.1, 0.15) is 36.1 Å². The predicted molar refractivity (Wildman–Crippen MR) is 151 cm³/mol. The lowest BCUT2D eigenvalue weighted by atomic mass is 10.00. The van der Waals surface area contributed by atoms with Crippen molar-refractivity contribution in [3.8, 4) is 24.2 Å². The number of alkyl carbamates (subject to hydrolysis) is 1. The molecule has 10 nitrogen and oxygen atoms in total. The number of hydrogen-bond donors (Lipinski definition) is 2. The lowest BCUT2D eigenvalue weighted by molar-refractivity contribution is -0.157. The Balaban J connectivity index is 3.35. The van der Waals surface area contributed by atoms with E-state index in [0.29, 0.717) is 5.56 Å². The van der Waals surface area contributed by atoms with Crippen molar-refractivity contribution in [2.24, 2.45) is 0 Å². The molecule has 0 aromatic heterocycles. The average molecular weight is 557 g/mol. The van der Waals surface area contributed by atoms with Gasteiger partial charge in [0.15, 0.2) is 5.78 Å². The first-order valence-electron chi connectivity index (χ1n) is 12.7. The SMILES string of the molecule is C#CCOCC#Cc1ccc(C(=O)C[C@H](NC(=O)OC(C)(C)C)C(=O)OC(C)(C)C)c(NC(=O)OC(C)(C)C)c1. The summed E-state index contributed by atoms with van der Waals surface area (Å²) in [5.74, 6) is 6.62. The van der Waals surface area contributed by atoms with E-state index < -0.39 is 53.2 Å². The van der Waals surface area contributed by atoms with Crippen LogP contribution in [0.5, 0.6) is 0 Å². The van der Waals surface area contributed by atoms with E-state index in [4.69, 9.17) is 25.4 Å². The molecule has 218 valence electrons. The largest absolute Gasteiger partial charge is 0.458 e. The minimum Gasteiger partial charge on any atom is -0.458 e. The third-order valence-electron chi connectivity index (χ3n) is 4.32. The number of ether oxygens (including phenoxy) is 4. The van der Waals surface area contributed by atoms with Crippen LogP contribution in [0.2, 0.25) is 0 Å². The Kier molecular flexibility index (Phi) is 12.2. The van der Waals surface area contributed by atoms with Gasteiger partial charge in [-0.3, -0.25) is 10.1 Å². The van der Waals surface area contributed by atoms with E-state index in [1.807, 2.05) is 0 Å². The molecule has 0 radical (unpaired) electrons. The third kappa shape index (κ3) is 14.2. The maximum atomic E-state index is 13.5. The molecule has 0 heterocycles. The first-order valence-corrected chi connectivity index (χ1v) is 12.7. The highest BCUT2D eigenvalue weighted by Crippen LogP contribution is 2.22. The number of nitrogens with one attached hydrogen (secondary N) is 2. The van der Waals surface area contributed by atoms with Crippen LogP contribution in [0.25, 0.3) is 0 Å². The fourth-order valence-corrected chi connectivity index (χ4v) is 2.99. The van der Waals surface area contributed by atoms with Gasteiger partial charge in [0.2, 0.25) is 0 Å². The minimum atomic E-state index is -1.36. The smallest absolute Gasteiger partial charge is 0.412 e. The van der Waals surface area contributed by atoms with Crippen LogP contribution in [0, 0.1) is 24.2 Å². The predicted octanol–water partition coefficient (Wildman–Crippen LogP) is 4.84. The molecule has 2 N–H and O–H groups in total. The molecule has 1 rings (SSSR count). The normalized spacial score (nSPS) is 12.1. The van der Waals surface area contributed by atoms with Crippen molar-refractivity contribution in [1.29, 1.82) is 0 Å². The van der Waals surface area contributed by atoms with Crippen molar-refractivity contribution in [3.63, 3.8) is 0 Å². The van der Waals surface area contributed by atoms with Crippen molar-refractivity contribution in [3.05, 3.63) is 29.3 Å². The summed E-state index contributed by atoms with van der Waals surface area (Å²) < 4.78 is 21.1. The zero-order chi connectivity index (χ0) is 30.7. The highest BCUT2D eigenvalue weighted by Gasteiger charge is 2.31. The Morgan fingerprint density at radius 3 is 1.98 bits per heavy atom. The Labute approximate surface area is 236 Å². The lowest BCUT2D eigenvalue weighted by Gasteiger charge is -2.26. The molecular weight excluding hydrogens is 516 g/mol. The zero-order valence-corrected chi connectivity index (χ0v) is 24.8. The summed E-state index contributed by atoms with van der Waals surface area (Å²) in [7, 11) is 0. The van der Waals surface area contributed by atoms with E-state index in [2.05, 4.69) is 28.4 Å². The van der Waals surface area contributed by atoms with Gasteiger partial charge in [0.25, 0.3) is 0 Å². The highest BCUT2D eigenvalue weighted by atomic mass is 16.6. The molecular formula is C30H40N2O8. The van der Waals surface area contributed by atoms with Crippen molar-refractivity contribution >= 4 is 29.6 Å². The Bertz CT molecular complexity index is 1180. The first-order chi connectivity index (χ1) is 18.3. The molecule has 0 aliphatic rings. The number of terminal acetylenes is 1. The Hall–Kier alpha value is -4.02. The molecule has 1 aromatic carbocycles. The second-order valence-electron chi connectivity index (χ2n) is 11.7. The van der Waals surface area contributed by atoms with Gasteiger partial charge >= 0.3 is 18.2 Å². The van der Waals surface area contributed by atoms with Crippen molar-refractivity contribution in [2.45, 2.75) is 91.6 Å². The van der Waals surface area contributed by atoms with E-state index in [0.717, 1.165) is 0 Å². The summed E-state index contributed by atoms with van der Waals surface area (Å²) in [5.41, 5.74) is -1.85. The third-order valence-corrected chi connectivity index (χ3v) is 4.32. The standard InChI is InChI=1S/C30H40N2O8/c1-11-16-37-17-12-13-20-14-15-21(22(18-20)31-26(35)39-29(5,6)7)24(33)19-23(25(34)38-28(2,3)4)32-27(36)40-30(8,9)10/h1,14-15,18,23H,16-17,19H2,2-10H3,(H,31,35)(H,32,36)/t23-/m0/s1. The van der Waals surface area contributed by atoms with E-state index in [1.54, 1.807) is 68.4 Å². The van der Waals surface area contributed by atoms with Crippen LogP contribution < -0.4 is 10.6 Å². The number of benzene rings is 1. The fourth-order valence-electron chi connectivity index (χ4n) is 2.99. The van der Waals surface area contributed by atoms with E-state index >= 15 is 0 Å². The number of carbonyl (C=O) groups is 4. The number of hydrogen-bond acceptors (Lipinski definition) is 8. The highest BCUT2D eigenvalue weighted by molar-refractivity contribution is 6.06. The van der Waals surface area contributed by atoms with Crippen LogP contribution in [0.3, 0.4) is 0 Å². The molecule has 1 atom stereocenters.